The molecule has 20 heavy (non-hydrogen) atoms. The molecule has 0 spiro atoms. The van der Waals surface area contributed by atoms with E-state index in [1.807, 2.05) is 20.8 Å². The second kappa shape index (κ2) is 7.14. The van der Waals surface area contributed by atoms with Crippen LogP contribution in [0.1, 0.15) is 37.6 Å². The van der Waals surface area contributed by atoms with Crippen molar-refractivity contribution >= 4 is 11.7 Å². The number of carbonyl (C=O) groups excluding carboxylic acids is 1. The topological polar surface area (TPSA) is 70.8 Å². The monoisotopic (exact) mass is 281 g/mol. The molecule has 5 nitrogen and oxygen atoms in total. The number of ether oxygens (including phenoxy) is 3. The highest BCUT2D eigenvalue weighted by molar-refractivity contribution is 5.91. The Morgan fingerprint density at radius 3 is 2.60 bits per heavy atom. The zero-order valence-electron chi connectivity index (χ0n) is 12.6. The Morgan fingerprint density at radius 1 is 1.35 bits per heavy atom. The molecule has 0 aliphatic carbocycles. The van der Waals surface area contributed by atoms with Gasteiger partial charge in [-0.15, -0.1) is 0 Å². The smallest absolute Gasteiger partial charge is 0.338 e. The van der Waals surface area contributed by atoms with Crippen LogP contribution >= 0.6 is 0 Å². The molecule has 0 unspecified atom stereocenters. The Balaban J connectivity index is 2.58. The molecular formula is C15H23NO4. The average Bonchev–Trinajstić information content (AvgIpc) is 2.41. The molecule has 0 saturated carbocycles. The maximum atomic E-state index is 11.9. The number of benzene rings is 1. The molecule has 0 bridgehead atoms. The average molecular weight is 281 g/mol. The first kappa shape index (κ1) is 16.3. The molecule has 0 saturated heterocycles. The molecule has 1 rings (SSSR count). The fourth-order valence-corrected chi connectivity index (χ4v) is 1.54. The lowest BCUT2D eigenvalue weighted by molar-refractivity contribution is -0.00563. The molecular weight excluding hydrogens is 258 g/mol. The zero-order valence-corrected chi connectivity index (χ0v) is 12.6. The Labute approximate surface area is 120 Å². The molecule has 0 atom stereocenters. The Bertz CT molecular complexity index is 457. The largest absolute Gasteiger partial charge is 0.492 e. The number of carbonyl (C=O) groups is 1. The van der Waals surface area contributed by atoms with Crippen LogP contribution in [0.4, 0.5) is 5.69 Å². The summed E-state index contributed by atoms with van der Waals surface area (Å²) in [6.07, 6.45) is 0.627. The lowest BCUT2D eigenvalue weighted by atomic mass is 10.1. The zero-order chi connectivity index (χ0) is 15.2. The van der Waals surface area contributed by atoms with E-state index < -0.39 is 5.97 Å². The summed E-state index contributed by atoms with van der Waals surface area (Å²) < 4.78 is 15.8. The van der Waals surface area contributed by atoms with Crippen molar-refractivity contribution < 1.29 is 19.0 Å². The van der Waals surface area contributed by atoms with Gasteiger partial charge in [-0.2, -0.15) is 0 Å². The highest BCUT2D eigenvalue weighted by Crippen LogP contribution is 2.23. The van der Waals surface area contributed by atoms with E-state index in [0.29, 0.717) is 36.6 Å². The standard InChI is InChI=1S/C15H23NO4/c1-5-19-13-7-6-11(10-12(13)16)14(17)20-9-8-15(2,3)18-4/h6-7,10H,5,8-9,16H2,1-4H3. The van der Waals surface area contributed by atoms with Gasteiger partial charge in [0.2, 0.25) is 0 Å². The summed E-state index contributed by atoms with van der Waals surface area (Å²) in [6, 6.07) is 4.88. The van der Waals surface area contributed by atoms with Gasteiger partial charge in [-0.05, 0) is 39.0 Å². The third-order valence-corrected chi connectivity index (χ3v) is 3.04. The summed E-state index contributed by atoms with van der Waals surface area (Å²) in [5.74, 6) is 0.177. The van der Waals surface area contributed by atoms with Gasteiger partial charge in [-0.1, -0.05) is 0 Å². The van der Waals surface area contributed by atoms with Crippen LogP contribution in [0.25, 0.3) is 0 Å². The van der Waals surface area contributed by atoms with Crippen LogP contribution in [-0.2, 0) is 9.47 Å². The first-order valence-corrected chi connectivity index (χ1v) is 6.64. The van der Waals surface area contributed by atoms with E-state index in [-0.39, 0.29) is 5.60 Å². The molecule has 0 aromatic heterocycles. The van der Waals surface area contributed by atoms with E-state index in [1.165, 1.54) is 0 Å². The second-order valence-electron chi connectivity index (χ2n) is 5.04. The van der Waals surface area contributed by atoms with Crippen LogP contribution in [0.15, 0.2) is 18.2 Å². The van der Waals surface area contributed by atoms with Crippen molar-refractivity contribution in [2.24, 2.45) is 0 Å². The first-order chi connectivity index (χ1) is 9.39. The third-order valence-electron chi connectivity index (χ3n) is 3.04. The lowest BCUT2D eigenvalue weighted by Gasteiger charge is -2.22. The molecule has 1 aromatic carbocycles. The molecule has 112 valence electrons. The summed E-state index contributed by atoms with van der Waals surface area (Å²) in [4.78, 5) is 11.9. The number of nitrogen functional groups attached to an aromatic ring is 1. The summed E-state index contributed by atoms with van der Waals surface area (Å²) >= 11 is 0. The lowest BCUT2D eigenvalue weighted by Crippen LogP contribution is -2.25. The van der Waals surface area contributed by atoms with Crippen LogP contribution in [0.3, 0.4) is 0 Å². The molecule has 5 heteroatoms. The van der Waals surface area contributed by atoms with Crippen molar-refractivity contribution in [2.45, 2.75) is 32.8 Å². The molecule has 0 aliphatic rings. The predicted molar refractivity (Wildman–Crippen MR) is 78.0 cm³/mol. The minimum absolute atomic E-state index is 0.298. The summed E-state index contributed by atoms with van der Waals surface area (Å²) in [5, 5.41) is 0. The SMILES string of the molecule is CCOc1ccc(C(=O)OCCC(C)(C)OC)cc1N. The third kappa shape index (κ3) is 4.74. The van der Waals surface area contributed by atoms with Gasteiger partial charge in [-0.3, -0.25) is 0 Å². The normalized spacial score (nSPS) is 11.2. The van der Waals surface area contributed by atoms with E-state index in [9.17, 15) is 4.79 Å². The van der Waals surface area contributed by atoms with Gasteiger partial charge in [0, 0.05) is 13.5 Å². The number of hydrogen-bond acceptors (Lipinski definition) is 5. The number of anilines is 1. The highest BCUT2D eigenvalue weighted by Gasteiger charge is 2.17. The van der Waals surface area contributed by atoms with Gasteiger partial charge in [0.15, 0.2) is 0 Å². The molecule has 0 aliphatic heterocycles. The molecule has 0 amide bonds. The Morgan fingerprint density at radius 2 is 2.05 bits per heavy atom. The maximum Gasteiger partial charge on any atom is 0.338 e. The Kier molecular flexibility index (Phi) is 5.82. The van der Waals surface area contributed by atoms with Crippen LogP contribution in [0.5, 0.6) is 5.75 Å². The minimum atomic E-state index is -0.397. The van der Waals surface area contributed by atoms with Crippen molar-refractivity contribution in [3.05, 3.63) is 23.8 Å². The number of nitrogens with two attached hydrogens (primary N) is 1. The van der Waals surface area contributed by atoms with E-state index in [2.05, 4.69) is 0 Å². The van der Waals surface area contributed by atoms with E-state index in [1.54, 1.807) is 25.3 Å². The number of rotatable bonds is 7. The van der Waals surface area contributed by atoms with Gasteiger partial charge >= 0.3 is 5.97 Å². The summed E-state index contributed by atoms with van der Waals surface area (Å²) in [5.41, 5.74) is 6.35. The maximum absolute atomic E-state index is 11.9. The summed E-state index contributed by atoms with van der Waals surface area (Å²) in [6.45, 7) is 6.58. The molecule has 0 radical (unpaired) electrons. The van der Waals surface area contributed by atoms with Gasteiger partial charge in [0.1, 0.15) is 5.75 Å². The number of methoxy groups -OCH3 is 1. The van der Waals surface area contributed by atoms with Crippen molar-refractivity contribution in [2.75, 3.05) is 26.1 Å². The molecule has 0 fully saturated rings. The van der Waals surface area contributed by atoms with Crippen LogP contribution < -0.4 is 10.5 Å². The van der Waals surface area contributed by atoms with E-state index >= 15 is 0 Å². The number of hydrogen-bond donors (Lipinski definition) is 1. The fraction of sp³-hybridized carbons (Fsp3) is 0.533. The second-order valence-corrected chi connectivity index (χ2v) is 5.04. The van der Waals surface area contributed by atoms with Crippen molar-refractivity contribution in [1.29, 1.82) is 0 Å². The first-order valence-electron chi connectivity index (χ1n) is 6.64. The van der Waals surface area contributed by atoms with Crippen molar-refractivity contribution in [3.8, 4) is 5.75 Å². The predicted octanol–water partition coefficient (Wildman–Crippen LogP) is 2.64. The van der Waals surface area contributed by atoms with Gasteiger partial charge in [-0.25, -0.2) is 4.79 Å². The number of esters is 1. The van der Waals surface area contributed by atoms with Crippen LogP contribution in [0.2, 0.25) is 0 Å². The highest BCUT2D eigenvalue weighted by atomic mass is 16.5. The van der Waals surface area contributed by atoms with Crippen LogP contribution in [-0.4, -0.2) is 31.9 Å². The minimum Gasteiger partial charge on any atom is -0.492 e. The van der Waals surface area contributed by atoms with E-state index in [0.717, 1.165) is 0 Å². The quantitative estimate of drug-likeness (QED) is 0.614. The fourth-order valence-electron chi connectivity index (χ4n) is 1.54. The van der Waals surface area contributed by atoms with E-state index in [4.69, 9.17) is 19.9 Å². The molecule has 1 aromatic rings. The van der Waals surface area contributed by atoms with Crippen molar-refractivity contribution in [3.63, 3.8) is 0 Å². The van der Waals surface area contributed by atoms with Crippen molar-refractivity contribution in [1.82, 2.24) is 0 Å². The van der Waals surface area contributed by atoms with Gasteiger partial charge < -0.3 is 19.9 Å². The van der Waals surface area contributed by atoms with Gasteiger partial charge in [0.05, 0.1) is 30.1 Å². The van der Waals surface area contributed by atoms with Gasteiger partial charge in [0.25, 0.3) is 0 Å². The van der Waals surface area contributed by atoms with Crippen LogP contribution in [0, 0.1) is 0 Å². The molecule has 2 N–H and O–H groups in total. The molecule has 0 heterocycles. The Hall–Kier alpha value is -1.75. The summed E-state index contributed by atoms with van der Waals surface area (Å²) in [7, 11) is 1.63.